The van der Waals surface area contributed by atoms with Crippen LogP contribution in [0.2, 0.25) is 0 Å². The van der Waals surface area contributed by atoms with Crippen molar-refractivity contribution in [2.75, 3.05) is 4.90 Å². The number of hydrogen-bond donors (Lipinski definition) is 0. The molecule has 1 heterocycles. The van der Waals surface area contributed by atoms with Crippen molar-refractivity contribution in [2.45, 2.75) is 51.4 Å². The summed E-state index contributed by atoms with van der Waals surface area (Å²) in [6.45, 7) is 9.70. The first-order chi connectivity index (χ1) is 28.2. The van der Waals surface area contributed by atoms with Gasteiger partial charge in [-0.3, -0.25) is 0 Å². The number of nitrogens with zero attached hydrogens (tertiary/aromatic N) is 2. The van der Waals surface area contributed by atoms with Gasteiger partial charge in [0.05, 0.1) is 16.7 Å². The Labute approximate surface area is 342 Å². The normalized spacial score (nSPS) is 14.3. The van der Waals surface area contributed by atoms with E-state index in [1.165, 1.54) is 84.8 Å². The largest absolute Gasteiger partial charge is 0.311 e. The SMILES string of the molecule is CC1(C)CCC(C)(C)c2c(-n3c4ccccc4c4ccc(-c5ccc(N(c6ccc(-c7ccccc7)cc6)c6ccc(-c7ccccc7)cc6)cc5)cc43)cccc21. The number of hydrogen-bond acceptors (Lipinski definition) is 1. The van der Waals surface area contributed by atoms with Gasteiger partial charge in [-0.1, -0.05) is 167 Å². The van der Waals surface area contributed by atoms with Crippen LogP contribution in [0.25, 0.3) is 60.9 Å². The monoisotopic (exact) mass is 748 g/mol. The number of para-hydroxylation sites is 1. The first-order valence-electron chi connectivity index (χ1n) is 20.6. The molecule has 0 atom stereocenters. The van der Waals surface area contributed by atoms with Gasteiger partial charge in [0.25, 0.3) is 0 Å². The first-order valence-corrected chi connectivity index (χ1v) is 20.6. The van der Waals surface area contributed by atoms with Gasteiger partial charge in [-0.25, -0.2) is 0 Å². The zero-order valence-corrected chi connectivity index (χ0v) is 33.8. The fourth-order valence-corrected chi connectivity index (χ4v) is 9.41. The van der Waals surface area contributed by atoms with Gasteiger partial charge in [0, 0.05) is 27.8 Å². The zero-order chi connectivity index (χ0) is 39.4. The van der Waals surface area contributed by atoms with Gasteiger partial charge in [-0.2, -0.15) is 0 Å². The van der Waals surface area contributed by atoms with Crippen LogP contribution in [0.3, 0.4) is 0 Å². The number of anilines is 3. The molecule has 2 heteroatoms. The van der Waals surface area contributed by atoms with Crippen molar-refractivity contribution in [1.29, 1.82) is 0 Å². The summed E-state index contributed by atoms with van der Waals surface area (Å²) in [4.78, 5) is 2.36. The van der Waals surface area contributed by atoms with Gasteiger partial charge in [0.15, 0.2) is 0 Å². The van der Waals surface area contributed by atoms with E-state index in [-0.39, 0.29) is 10.8 Å². The van der Waals surface area contributed by atoms with Crippen molar-refractivity contribution in [3.63, 3.8) is 0 Å². The lowest BCUT2D eigenvalue weighted by Crippen LogP contribution is -2.35. The molecule has 1 aromatic heterocycles. The molecular formula is C56H48N2. The van der Waals surface area contributed by atoms with Crippen molar-refractivity contribution in [1.82, 2.24) is 4.57 Å². The van der Waals surface area contributed by atoms with Crippen LogP contribution in [-0.4, -0.2) is 4.57 Å². The van der Waals surface area contributed by atoms with E-state index in [9.17, 15) is 0 Å². The fourth-order valence-electron chi connectivity index (χ4n) is 9.41. The minimum atomic E-state index is 0.0716. The molecule has 0 saturated carbocycles. The molecule has 0 spiro atoms. The van der Waals surface area contributed by atoms with E-state index < -0.39 is 0 Å². The van der Waals surface area contributed by atoms with Crippen molar-refractivity contribution >= 4 is 38.9 Å². The van der Waals surface area contributed by atoms with Gasteiger partial charge in [0.2, 0.25) is 0 Å². The van der Waals surface area contributed by atoms with Gasteiger partial charge in [-0.05, 0) is 123 Å². The highest BCUT2D eigenvalue weighted by Crippen LogP contribution is 2.49. The third kappa shape index (κ3) is 6.21. The molecule has 0 unspecified atom stereocenters. The van der Waals surface area contributed by atoms with Crippen LogP contribution in [0.1, 0.15) is 51.7 Å². The molecule has 1 aliphatic carbocycles. The van der Waals surface area contributed by atoms with Crippen molar-refractivity contribution in [3.05, 3.63) is 205 Å². The Morgan fingerprint density at radius 2 is 0.828 bits per heavy atom. The van der Waals surface area contributed by atoms with Gasteiger partial charge < -0.3 is 9.47 Å². The quantitative estimate of drug-likeness (QED) is 0.158. The molecular weight excluding hydrogens is 701 g/mol. The lowest BCUT2D eigenvalue weighted by Gasteiger charge is -2.43. The van der Waals surface area contributed by atoms with E-state index >= 15 is 0 Å². The topological polar surface area (TPSA) is 8.17 Å². The van der Waals surface area contributed by atoms with Crippen LogP contribution in [0.4, 0.5) is 17.1 Å². The summed E-state index contributed by atoms with van der Waals surface area (Å²) >= 11 is 0. The minimum Gasteiger partial charge on any atom is -0.311 e. The molecule has 0 saturated heterocycles. The number of benzene rings is 8. The van der Waals surface area contributed by atoms with Gasteiger partial charge >= 0.3 is 0 Å². The van der Waals surface area contributed by atoms with E-state index in [1.807, 2.05) is 0 Å². The Kier molecular flexibility index (Phi) is 8.68. The molecule has 1 aliphatic rings. The Balaban J connectivity index is 1.07. The molecule has 0 bridgehead atoms. The molecule has 10 rings (SSSR count). The Bertz CT molecular complexity index is 2810. The van der Waals surface area contributed by atoms with E-state index in [0.29, 0.717) is 0 Å². The highest BCUT2D eigenvalue weighted by molar-refractivity contribution is 6.10. The van der Waals surface area contributed by atoms with Crippen LogP contribution in [0.15, 0.2) is 194 Å². The van der Waals surface area contributed by atoms with Gasteiger partial charge in [0.1, 0.15) is 0 Å². The van der Waals surface area contributed by atoms with E-state index in [0.717, 1.165) is 17.1 Å². The van der Waals surface area contributed by atoms with Crippen molar-refractivity contribution < 1.29 is 0 Å². The Hall–Kier alpha value is -6.64. The maximum absolute atomic E-state index is 2.55. The van der Waals surface area contributed by atoms with Crippen LogP contribution >= 0.6 is 0 Å². The first kappa shape index (κ1) is 35.8. The van der Waals surface area contributed by atoms with Crippen LogP contribution in [0, 0.1) is 0 Å². The summed E-state index contributed by atoms with van der Waals surface area (Å²) in [5.41, 5.74) is 17.6. The maximum atomic E-state index is 2.55. The lowest BCUT2D eigenvalue weighted by molar-refractivity contribution is 0.331. The van der Waals surface area contributed by atoms with E-state index in [4.69, 9.17) is 0 Å². The Morgan fingerprint density at radius 1 is 0.379 bits per heavy atom. The number of aromatic nitrogens is 1. The summed E-state index contributed by atoms with van der Waals surface area (Å²) in [6.07, 6.45) is 2.36. The third-order valence-electron chi connectivity index (χ3n) is 12.7. The highest BCUT2D eigenvalue weighted by atomic mass is 15.1. The second kappa shape index (κ2) is 14.1. The van der Waals surface area contributed by atoms with Crippen LogP contribution in [0.5, 0.6) is 0 Å². The van der Waals surface area contributed by atoms with E-state index in [1.54, 1.807) is 0 Å². The summed E-state index contributed by atoms with van der Waals surface area (Å²) in [7, 11) is 0. The average Bonchev–Trinajstić information content (AvgIpc) is 3.60. The average molecular weight is 749 g/mol. The smallest absolute Gasteiger partial charge is 0.0547 e. The molecule has 0 amide bonds. The maximum Gasteiger partial charge on any atom is 0.0547 e. The molecule has 58 heavy (non-hydrogen) atoms. The molecule has 8 aromatic carbocycles. The zero-order valence-electron chi connectivity index (χ0n) is 33.8. The van der Waals surface area contributed by atoms with Gasteiger partial charge in [-0.15, -0.1) is 0 Å². The predicted octanol–water partition coefficient (Wildman–Crippen LogP) is 15.6. The summed E-state index contributed by atoms with van der Waals surface area (Å²) in [5, 5.41) is 2.57. The minimum absolute atomic E-state index is 0.0716. The molecule has 0 radical (unpaired) electrons. The molecule has 0 N–H and O–H groups in total. The van der Waals surface area contributed by atoms with Crippen LogP contribution < -0.4 is 4.90 Å². The van der Waals surface area contributed by atoms with Crippen molar-refractivity contribution in [2.24, 2.45) is 0 Å². The standard InChI is InChI=1S/C56H48N2/c1-55(2)36-37-56(3,4)54-50(55)19-13-21-52(54)58-51-20-12-11-18-48(51)49-35-28-44(38-53(49)58)43-26-33-47(34-27-43)57(45-29-22-41(23-30-45)39-14-7-5-8-15-39)46-31-24-42(25-32-46)40-16-9-6-10-17-40/h5-35,38H,36-37H2,1-4H3. The molecule has 282 valence electrons. The van der Waals surface area contributed by atoms with Crippen LogP contribution in [-0.2, 0) is 10.8 Å². The Morgan fingerprint density at radius 3 is 1.40 bits per heavy atom. The fraction of sp³-hybridized carbons (Fsp3) is 0.143. The summed E-state index contributed by atoms with van der Waals surface area (Å²) < 4.78 is 2.55. The highest BCUT2D eigenvalue weighted by Gasteiger charge is 2.39. The molecule has 9 aromatic rings. The summed E-state index contributed by atoms with van der Waals surface area (Å²) in [6, 6.07) is 71.1. The van der Waals surface area contributed by atoms with Crippen molar-refractivity contribution in [3.8, 4) is 39.1 Å². The molecule has 0 aliphatic heterocycles. The number of fused-ring (bicyclic) bond motifs is 4. The molecule has 2 nitrogen and oxygen atoms in total. The number of rotatable bonds is 7. The summed E-state index contributed by atoms with van der Waals surface area (Å²) in [5.74, 6) is 0. The van der Waals surface area contributed by atoms with E-state index in [2.05, 4.69) is 231 Å². The molecule has 0 fully saturated rings. The second-order valence-corrected chi connectivity index (χ2v) is 17.3. The third-order valence-corrected chi connectivity index (χ3v) is 12.7. The lowest BCUT2D eigenvalue weighted by atomic mass is 9.62. The predicted molar refractivity (Wildman–Crippen MR) is 247 cm³/mol. The second-order valence-electron chi connectivity index (χ2n) is 17.3.